The molecule has 6 nitrogen and oxygen atoms in total. The molecule has 34 heavy (non-hydrogen) atoms. The number of aliphatic imine (C=N–C) groups is 2. The van der Waals surface area contributed by atoms with Gasteiger partial charge in [0.05, 0.1) is 0 Å². The molecule has 4 N–H and O–H groups in total. The summed E-state index contributed by atoms with van der Waals surface area (Å²) < 4.78 is 0. The highest BCUT2D eigenvalue weighted by Gasteiger charge is 2.23. The lowest BCUT2D eigenvalue weighted by molar-refractivity contribution is 0.403. The molecule has 2 atom stereocenters. The normalized spacial score (nSPS) is 13.3. The molecule has 0 aliphatic carbocycles. The minimum Gasteiger partial charge on any atom is -0.504 e. The van der Waals surface area contributed by atoms with Gasteiger partial charge in [0.25, 0.3) is 0 Å². The second-order valence-corrected chi connectivity index (χ2v) is 7.70. The van der Waals surface area contributed by atoms with Gasteiger partial charge in [-0.1, -0.05) is 72.8 Å². The van der Waals surface area contributed by atoms with Crippen molar-refractivity contribution in [2.24, 2.45) is 9.98 Å². The molecule has 0 amide bonds. The molecule has 4 aromatic rings. The zero-order valence-corrected chi connectivity index (χ0v) is 18.2. The number of hydrogen-bond donors (Lipinski definition) is 4. The molecule has 0 aliphatic heterocycles. The van der Waals surface area contributed by atoms with E-state index in [-0.39, 0.29) is 23.0 Å². The first kappa shape index (κ1) is 22.6. The van der Waals surface area contributed by atoms with E-state index in [1.807, 2.05) is 60.7 Å². The molecule has 6 heteroatoms. The van der Waals surface area contributed by atoms with Crippen LogP contribution < -0.4 is 0 Å². The lowest BCUT2D eigenvalue weighted by atomic mass is 9.94. The second-order valence-electron chi connectivity index (χ2n) is 7.70. The van der Waals surface area contributed by atoms with Gasteiger partial charge < -0.3 is 20.4 Å². The maximum absolute atomic E-state index is 10.2. The van der Waals surface area contributed by atoms with Crippen LogP contribution in [0.2, 0.25) is 0 Å². The lowest BCUT2D eigenvalue weighted by Gasteiger charge is -2.22. The van der Waals surface area contributed by atoms with Crippen LogP contribution in [-0.2, 0) is 0 Å². The molecule has 0 heterocycles. The van der Waals surface area contributed by atoms with Crippen LogP contribution in [0.1, 0.15) is 34.3 Å². The Morgan fingerprint density at radius 3 is 1.24 bits per heavy atom. The van der Waals surface area contributed by atoms with E-state index in [9.17, 15) is 20.4 Å². The van der Waals surface area contributed by atoms with Crippen molar-refractivity contribution >= 4 is 12.4 Å². The predicted octanol–water partition coefficient (Wildman–Crippen LogP) is 5.53. The number of rotatable bonds is 7. The lowest BCUT2D eigenvalue weighted by Crippen LogP contribution is -2.09. The van der Waals surface area contributed by atoms with Crippen molar-refractivity contribution in [3.8, 4) is 23.0 Å². The largest absolute Gasteiger partial charge is 0.504 e. The summed E-state index contributed by atoms with van der Waals surface area (Å²) in [6.45, 7) is 0. The van der Waals surface area contributed by atoms with Crippen LogP contribution in [0.4, 0.5) is 0 Å². The fraction of sp³-hybridized carbons (Fsp3) is 0.0714. The van der Waals surface area contributed by atoms with Gasteiger partial charge in [-0.05, 0) is 35.4 Å². The molecule has 4 aromatic carbocycles. The summed E-state index contributed by atoms with van der Waals surface area (Å²) in [5.74, 6) is -0.945. The van der Waals surface area contributed by atoms with E-state index >= 15 is 0 Å². The van der Waals surface area contributed by atoms with Crippen molar-refractivity contribution < 1.29 is 20.4 Å². The van der Waals surface area contributed by atoms with Crippen LogP contribution in [0.3, 0.4) is 0 Å². The van der Waals surface area contributed by atoms with Crippen molar-refractivity contribution in [3.05, 3.63) is 119 Å². The van der Waals surface area contributed by atoms with Crippen LogP contribution >= 0.6 is 0 Å². The number of phenols is 4. The molecular formula is C28H24N2O4. The summed E-state index contributed by atoms with van der Waals surface area (Å²) in [5.41, 5.74) is 2.54. The highest BCUT2D eigenvalue weighted by Crippen LogP contribution is 2.37. The van der Waals surface area contributed by atoms with Crippen LogP contribution in [0.15, 0.2) is 107 Å². The van der Waals surface area contributed by atoms with E-state index in [0.717, 1.165) is 11.1 Å². The quantitative estimate of drug-likeness (QED) is 0.219. The molecule has 0 aromatic heterocycles. The molecule has 2 unspecified atom stereocenters. The third-order valence-corrected chi connectivity index (χ3v) is 5.42. The Labute approximate surface area is 197 Å². The standard InChI is InChI=1S/C28H24N2O4/c31-23-15-7-13-21(27(23)33)17-29-25(19-9-3-1-4-10-19)26(20-11-5-2-6-12-20)30-18-22-14-8-16-24(32)28(22)34/h1-18,25-26,31-34H. The van der Waals surface area contributed by atoms with Gasteiger partial charge in [0.2, 0.25) is 0 Å². The summed E-state index contributed by atoms with van der Waals surface area (Å²) in [7, 11) is 0. The number of para-hydroxylation sites is 2. The maximum Gasteiger partial charge on any atom is 0.166 e. The minimum atomic E-state index is -0.485. The van der Waals surface area contributed by atoms with Crippen LogP contribution in [0.5, 0.6) is 23.0 Å². The van der Waals surface area contributed by atoms with Gasteiger partial charge in [0.15, 0.2) is 23.0 Å². The average Bonchev–Trinajstić information content (AvgIpc) is 2.87. The Kier molecular flexibility index (Phi) is 6.89. The van der Waals surface area contributed by atoms with Crippen molar-refractivity contribution in [1.82, 2.24) is 0 Å². The van der Waals surface area contributed by atoms with Gasteiger partial charge in [-0.25, -0.2) is 0 Å². The van der Waals surface area contributed by atoms with Gasteiger partial charge in [0.1, 0.15) is 12.1 Å². The average molecular weight is 453 g/mol. The highest BCUT2D eigenvalue weighted by molar-refractivity contribution is 5.86. The third-order valence-electron chi connectivity index (χ3n) is 5.42. The Hall–Kier alpha value is -4.58. The molecular weight excluding hydrogens is 428 g/mol. The zero-order chi connectivity index (χ0) is 23.9. The highest BCUT2D eigenvalue weighted by atomic mass is 16.3. The number of hydrogen-bond acceptors (Lipinski definition) is 6. The maximum atomic E-state index is 10.2. The number of benzene rings is 4. The van der Waals surface area contributed by atoms with E-state index in [2.05, 4.69) is 0 Å². The molecule has 4 rings (SSSR count). The van der Waals surface area contributed by atoms with E-state index in [1.165, 1.54) is 24.6 Å². The summed E-state index contributed by atoms with van der Waals surface area (Å²) in [4.78, 5) is 9.55. The molecule has 0 spiro atoms. The van der Waals surface area contributed by atoms with Gasteiger partial charge in [-0.2, -0.15) is 0 Å². The summed E-state index contributed by atoms with van der Waals surface area (Å²) >= 11 is 0. The van der Waals surface area contributed by atoms with Gasteiger partial charge in [0, 0.05) is 23.6 Å². The van der Waals surface area contributed by atoms with Crippen molar-refractivity contribution in [1.29, 1.82) is 0 Å². The SMILES string of the molecule is Oc1cccc(C=NC(c2ccccc2)C(N=Cc2cccc(O)c2O)c2ccccc2)c1O. The fourth-order valence-corrected chi connectivity index (χ4v) is 3.63. The zero-order valence-electron chi connectivity index (χ0n) is 18.2. The molecule has 0 fully saturated rings. The van der Waals surface area contributed by atoms with Crippen LogP contribution in [-0.4, -0.2) is 32.9 Å². The van der Waals surface area contributed by atoms with E-state index in [1.54, 1.807) is 24.3 Å². The number of aromatic hydroxyl groups is 4. The third kappa shape index (κ3) is 5.07. The predicted molar refractivity (Wildman–Crippen MR) is 133 cm³/mol. The smallest absolute Gasteiger partial charge is 0.166 e. The summed E-state index contributed by atoms with van der Waals surface area (Å²) in [6, 6.07) is 27.7. The molecule has 0 bridgehead atoms. The Balaban J connectivity index is 1.81. The number of nitrogens with zero attached hydrogens (tertiary/aromatic N) is 2. The Morgan fingerprint density at radius 2 is 0.853 bits per heavy atom. The molecule has 170 valence electrons. The summed E-state index contributed by atoms with van der Waals surface area (Å²) in [5, 5.41) is 40.1. The topological polar surface area (TPSA) is 106 Å². The van der Waals surface area contributed by atoms with E-state index in [0.29, 0.717) is 11.1 Å². The molecule has 0 radical (unpaired) electrons. The van der Waals surface area contributed by atoms with Crippen LogP contribution in [0, 0.1) is 0 Å². The molecule has 0 saturated heterocycles. The van der Waals surface area contributed by atoms with Crippen LogP contribution in [0.25, 0.3) is 0 Å². The van der Waals surface area contributed by atoms with Crippen molar-refractivity contribution in [2.75, 3.05) is 0 Å². The van der Waals surface area contributed by atoms with Gasteiger partial charge >= 0.3 is 0 Å². The monoisotopic (exact) mass is 452 g/mol. The van der Waals surface area contributed by atoms with Crippen molar-refractivity contribution in [3.63, 3.8) is 0 Å². The molecule has 0 saturated carbocycles. The first-order chi connectivity index (χ1) is 16.5. The van der Waals surface area contributed by atoms with Gasteiger partial charge in [-0.15, -0.1) is 0 Å². The first-order valence-corrected chi connectivity index (χ1v) is 10.7. The van der Waals surface area contributed by atoms with Gasteiger partial charge in [-0.3, -0.25) is 9.98 Å². The molecule has 0 aliphatic rings. The fourth-order valence-electron chi connectivity index (χ4n) is 3.63. The Bertz CT molecular complexity index is 1200. The minimum absolute atomic E-state index is 0.225. The second kappa shape index (κ2) is 10.4. The first-order valence-electron chi connectivity index (χ1n) is 10.7. The number of phenolic OH excluding ortho intramolecular Hbond substituents is 4. The Morgan fingerprint density at radius 1 is 0.471 bits per heavy atom. The summed E-state index contributed by atoms with van der Waals surface area (Å²) in [6.07, 6.45) is 3.04. The van der Waals surface area contributed by atoms with Crippen molar-refractivity contribution in [2.45, 2.75) is 12.1 Å². The van der Waals surface area contributed by atoms with E-state index in [4.69, 9.17) is 9.98 Å². The van der Waals surface area contributed by atoms with E-state index < -0.39 is 12.1 Å².